The molecule has 0 spiro atoms. The molecule has 2 aromatic heterocycles. The van der Waals surface area contributed by atoms with Gasteiger partial charge in [0.1, 0.15) is 5.82 Å². The highest BCUT2D eigenvalue weighted by Gasteiger charge is 2.16. The summed E-state index contributed by atoms with van der Waals surface area (Å²) < 4.78 is 2.17. The Morgan fingerprint density at radius 2 is 1.81 bits per heavy atom. The van der Waals surface area contributed by atoms with E-state index in [-0.39, 0.29) is 0 Å². The van der Waals surface area contributed by atoms with Gasteiger partial charge in [0.15, 0.2) is 0 Å². The first-order valence-corrected chi connectivity index (χ1v) is 9.42. The molecule has 0 atom stereocenters. The predicted octanol–water partition coefficient (Wildman–Crippen LogP) is 6.79. The van der Waals surface area contributed by atoms with Crippen LogP contribution in [0.1, 0.15) is 37.6 Å². The van der Waals surface area contributed by atoms with Crippen molar-refractivity contribution in [1.29, 1.82) is 0 Å². The van der Waals surface area contributed by atoms with Gasteiger partial charge in [-0.25, -0.2) is 4.98 Å². The number of nitrogen functional groups attached to an aromatic ring is 1. The van der Waals surface area contributed by atoms with Crippen molar-refractivity contribution >= 4 is 29.6 Å². The first kappa shape index (κ1) is 20.5. The molecular weight excluding hydrogens is 354 g/mol. The van der Waals surface area contributed by atoms with Gasteiger partial charge < -0.3 is 10.3 Å². The smallest absolute Gasteiger partial charge is 0.123 e. The van der Waals surface area contributed by atoms with Crippen molar-refractivity contribution in [3.8, 4) is 16.9 Å². The van der Waals surface area contributed by atoms with Gasteiger partial charge in [-0.3, -0.25) is 0 Å². The number of nitrogens with zero attached hydrogens (tertiary/aromatic N) is 2. The van der Waals surface area contributed by atoms with E-state index in [1.807, 2.05) is 76.4 Å². The van der Waals surface area contributed by atoms with Crippen molar-refractivity contribution in [2.24, 2.45) is 0 Å². The second-order valence-electron chi connectivity index (χ2n) is 5.81. The van der Waals surface area contributed by atoms with E-state index in [2.05, 4.69) is 28.3 Å². The molecule has 0 aliphatic rings. The molecule has 2 heterocycles. The largest absolute Gasteiger partial charge is 0.384 e. The molecule has 1 aromatic carbocycles. The number of aryl methyl sites for hydroxylation is 1. The molecule has 3 nitrogen and oxygen atoms in total. The van der Waals surface area contributed by atoms with Crippen LogP contribution in [0.5, 0.6) is 0 Å². The summed E-state index contributed by atoms with van der Waals surface area (Å²) in [6.07, 6.45) is 7.78. The van der Waals surface area contributed by atoms with Crippen molar-refractivity contribution in [2.75, 3.05) is 5.73 Å². The molecular formula is C23H26ClN3. The van der Waals surface area contributed by atoms with E-state index in [1.165, 1.54) is 0 Å². The molecule has 2 N–H and O–H groups in total. The zero-order valence-corrected chi connectivity index (χ0v) is 17.1. The monoisotopic (exact) mass is 379 g/mol. The van der Waals surface area contributed by atoms with Crippen LogP contribution in [0, 0.1) is 6.92 Å². The summed E-state index contributed by atoms with van der Waals surface area (Å²) in [5.41, 5.74) is 12.1. The number of anilines is 1. The minimum Gasteiger partial charge on any atom is -0.384 e. The molecule has 0 radical (unpaired) electrons. The van der Waals surface area contributed by atoms with Gasteiger partial charge >= 0.3 is 0 Å². The first-order chi connectivity index (χ1) is 13.0. The van der Waals surface area contributed by atoms with Crippen LogP contribution >= 0.6 is 11.6 Å². The molecule has 0 amide bonds. The highest BCUT2D eigenvalue weighted by molar-refractivity contribution is 6.30. The second-order valence-corrected chi connectivity index (χ2v) is 6.25. The Balaban J connectivity index is 0.00000126. The maximum Gasteiger partial charge on any atom is 0.123 e. The molecule has 0 saturated carbocycles. The number of pyridine rings is 1. The van der Waals surface area contributed by atoms with Crippen LogP contribution in [0.2, 0.25) is 5.02 Å². The zero-order valence-electron chi connectivity index (χ0n) is 16.3. The molecule has 0 fully saturated rings. The van der Waals surface area contributed by atoms with Gasteiger partial charge in [-0.05, 0) is 61.9 Å². The Labute approximate surface area is 166 Å². The summed E-state index contributed by atoms with van der Waals surface area (Å²) >= 11 is 6.06. The Hall–Kier alpha value is -2.78. The van der Waals surface area contributed by atoms with Crippen molar-refractivity contribution < 1.29 is 0 Å². The summed E-state index contributed by atoms with van der Waals surface area (Å²) in [4.78, 5) is 4.28. The fourth-order valence-corrected chi connectivity index (χ4v) is 3.11. The fraction of sp³-hybridized carbons (Fsp3) is 0.174. The molecule has 0 aliphatic carbocycles. The van der Waals surface area contributed by atoms with Crippen molar-refractivity contribution in [1.82, 2.24) is 9.55 Å². The first-order valence-electron chi connectivity index (χ1n) is 9.04. The predicted molar refractivity (Wildman–Crippen MR) is 119 cm³/mol. The molecule has 3 aromatic rings. The molecule has 0 unspecified atom stereocenters. The number of benzene rings is 1. The van der Waals surface area contributed by atoms with Crippen molar-refractivity contribution in [3.63, 3.8) is 0 Å². The lowest BCUT2D eigenvalue weighted by Crippen LogP contribution is -2.01. The van der Waals surface area contributed by atoms with Gasteiger partial charge in [-0.1, -0.05) is 44.2 Å². The summed E-state index contributed by atoms with van der Waals surface area (Å²) in [6, 6.07) is 11.8. The molecule has 0 aliphatic heterocycles. The van der Waals surface area contributed by atoms with Gasteiger partial charge in [-0.2, -0.15) is 0 Å². The average molecular weight is 380 g/mol. The van der Waals surface area contributed by atoms with Gasteiger partial charge in [0.05, 0.1) is 11.4 Å². The van der Waals surface area contributed by atoms with Crippen LogP contribution in [0.25, 0.3) is 29.1 Å². The maximum absolute atomic E-state index is 6.06. The number of allylic oxidation sites excluding steroid dienone is 1. The summed E-state index contributed by atoms with van der Waals surface area (Å²) in [7, 11) is 0. The highest BCUT2D eigenvalue weighted by Crippen LogP contribution is 2.33. The van der Waals surface area contributed by atoms with Gasteiger partial charge in [0.25, 0.3) is 0 Å². The van der Waals surface area contributed by atoms with E-state index in [1.54, 1.807) is 0 Å². The summed E-state index contributed by atoms with van der Waals surface area (Å²) in [5, 5.41) is 0.705. The number of aromatic nitrogens is 2. The van der Waals surface area contributed by atoms with E-state index < -0.39 is 0 Å². The Kier molecular flexibility index (Phi) is 7.03. The maximum atomic E-state index is 6.06. The lowest BCUT2D eigenvalue weighted by Gasteiger charge is -2.14. The van der Waals surface area contributed by atoms with E-state index in [4.69, 9.17) is 17.3 Å². The summed E-state index contributed by atoms with van der Waals surface area (Å²) in [5.74, 6) is 0.517. The van der Waals surface area contributed by atoms with Gasteiger partial charge in [0.2, 0.25) is 0 Å². The standard InChI is InChI=1S/C21H20ClN3.C2H6/c1-4-6-15-12-20(18-13-24-21(23)11-14(18)3)25(19(15)5-2)17-9-7-16(22)8-10-17;1-2/h4-13H,2H2,1,3H3,(H2,23,24);1-2H3/b6-4-;. The van der Waals surface area contributed by atoms with Crippen molar-refractivity contribution in [3.05, 3.63) is 77.1 Å². The third-order valence-electron chi connectivity index (χ3n) is 4.10. The quantitative estimate of drug-likeness (QED) is 0.542. The fourth-order valence-electron chi connectivity index (χ4n) is 2.98. The third kappa shape index (κ3) is 4.32. The van der Waals surface area contributed by atoms with Crippen LogP contribution in [0.3, 0.4) is 0 Å². The molecule has 0 bridgehead atoms. The number of nitrogens with two attached hydrogens (primary N) is 1. The molecule has 3 rings (SSSR count). The van der Waals surface area contributed by atoms with E-state index in [0.29, 0.717) is 10.8 Å². The zero-order chi connectivity index (χ0) is 20.0. The number of rotatable bonds is 4. The lowest BCUT2D eigenvalue weighted by molar-refractivity contribution is 1.06. The molecule has 4 heteroatoms. The molecule has 140 valence electrons. The van der Waals surface area contributed by atoms with Crippen LogP contribution in [0.15, 0.2) is 55.3 Å². The topological polar surface area (TPSA) is 43.8 Å². The highest BCUT2D eigenvalue weighted by atomic mass is 35.5. The average Bonchev–Trinajstić information content (AvgIpc) is 3.02. The summed E-state index contributed by atoms with van der Waals surface area (Å²) in [6.45, 7) is 12.0. The second kappa shape index (κ2) is 9.24. The minimum atomic E-state index is 0.517. The number of halogens is 1. The normalized spacial score (nSPS) is 10.6. The van der Waals surface area contributed by atoms with Gasteiger partial charge in [-0.15, -0.1) is 0 Å². The van der Waals surface area contributed by atoms with Crippen LogP contribution < -0.4 is 5.73 Å². The number of hydrogen-bond acceptors (Lipinski definition) is 2. The van der Waals surface area contributed by atoms with Crippen LogP contribution in [0.4, 0.5) is 5.82 Å². The number of hydrogen-bond donors (Lipinski definition) is 1. The van der Waals surface area contributed by atoms with Crippen LogP contribution in [-0.2, 0) is 0 Å². The SMILES string of the molecule is C=Cc1c(/C=C\C)cc(-c2cnc(N)cc2C)n1-c1ccc(Cl)cc1.CC. The Bertz CT molecular complexity index is 950. The van der Waals surface area contributed by atoms with Crippen LogP contribution in [-0.4, -0.2) is 9.55 Å². The van der Waals surface area contributed by atoms with E-state index >= 15 is 0 Å². The Morgan fingerprint density at radius 1 is 1.15 bits per heavy atom. The van der Waals surface area contributed by atoms with Gasteiger partial charge in [0, 0.05) is 28.0 Å². The van der Waals surface area contributed by atoms with E-state index in [9.17, 15) is 0 Å². The third-order valence-corrected chi connectivity index (χ3v) is 4.35. The molecule has 0 saturated heterocycles. The van der Waals surface area contributed by atoms with E-state index in [0.717, 1.165) is 33.8 Å². The molecule has 27 heavy (non-hydrogen) atoms. The Morgan fingerprint density at radius 3 is 2.37 bits per heavy atom. The van der Waals surface area contributed by atoms with Crippen molar-refractivity contribution in [2.45, 2.75) is 27.7 Å². The lowest BCUT2D eigenvalue weighted by atomic mass is 10.1. The minimum absolute atomic E-state index is 0.517.